The molecule has 0 aliphatic carbocycles. The fourth-order valence-electron chi connectivity index (χ4n) is 3.96. The normalized spacial score (nSPS) is 11.5. The number of urea groups is 1. The van der Waals surface area contributed by atoms with Crippen molar-refractivity contribution in [3.8, 4) is 5.69 Å². The average Bonchev–Trinajstić information content (AvgIpc) is 3.14. The molecular formula is C28H29N5O2. The van der Waals surface area contributed by atoms with Gasteiger partial charge in [0.1, 0.15) is 0 Å². The number of rotatable bonds is 7. The van der Waals surface area contributed by atoms with Crippen LogP contribution in [0.2, 0.25) is 0 Å². The smallest absolute Gasteiger partial charge is 0.323 e. The number of carbonyl (C=O) groups is 2. The number of hydrogen-bond acceptors (Lipinski definition) is 3. The van der Waals surface area contributed by atoms with E-state index in [4.69, 9.17) is 0 Å². The molecule has 0 spiro atoms. The van der Waals surface area contributed by atoms with E-state index in [0.29, 0.717) is 5.69 Å². The quantitative estimate of drug-likeness (QED) is 0.333. The van der Waals surface area contributed by atoms with Crippen LogP contribution >= 0.6 is 0 Å². The highest BCUT2D eigenvalue weighted by Gasteiger charge is 2.17. The third-order valence-corrected chi connectivity index (χ3v) is 5.86. The van der Waals surface area contributed by atoms with E-state index in [1.807, 2.05) is 110 Å². The van der Waals surface area contributed by atoms with Gasteiger partial charge in [0.2, 0.25) is 5.91 Å². The largest absolute Gasteiger partial charge is 0.349 e. The van der Waals surface area contributed by atoms with Gasteiger partial charge in [-0.05, 0) is 62.7 Å². The highest BCUT2D eigenvalue weighted by atomic mass is 16.2. The third kappa shape index (κ3) is 5.95. The average molecular weight is 468 g/mol. The maximum atomic E-state index is 12.8. The van der Waals surface area contributed by atoms with E-state index in [1.54, 1.807) is 0 Å². The Morgan fingerprint density at radius 2 is 1.40 bits per heavy atom. The van der Waals surface area contributed by atoms with E-state index >= 15 is 0 Å². The van der Waals surface area contributed by atoms with Crippen LogP contribution in [0.4, 0.5) is 16.2 Å². The molecule has 3 aromatic carbocycles. The molecule has 4 rings (SSSR count). The predicted octanol–water partition coefficient (Wildman–Crippen LogP) is 5.55. The number of aryl methyl sites for hydroxylation is 1. The number of hydrogen-bond donors (Lipinski definition) is 3. The van der Waals surface area contributed by atoms with Gasteiger partial charge in [0.25, 0.3) is 0 Å². The summed E-state index contributed by atoms with van der Waals surface area (Å²) < 4.78 is 1.88. The Kier molecular flexibility index (Phi) is 7.26. The number of nitrogens with one attached hydrogen (secondary N) is 3. The lowest BCUT2D eigenvalue weighted by atomic mass is 10.1. The molecule has 7 nitrogen and oxygen atoms in total. The fraction of sp³-hybridized carbons (Fsp3) is 0.179. The van der Waals surface area contributed by atoms with Crippen molar-refractivity contribution in [3.63, 3.8) is 0 Å². The van der Waals surface area contributed by atoms with Crippen LogP contribution in [0.15, 0.2) is 84.9 Å². The Bertz CT molecular complexity index is 1300. The minimum atomic E-state index is -0.313. The molecule has 1 unspecified atom stereocenters. The Morgan fingerprint density at radius 1 is 0.829 bits per heavy atom. The van der Waals surface area contributed by atoms with Gasteiger partial charge in [-0.1, -0.05) is 48.5 Å². The van der Waals surface area contributed by atoms with Gasteiger partial charge in [0, 0.05) is 22.6 Å². The van der Waals surface area contributed by atoms with Crippen molar-refractivity contribution in [2.24, 2.45) is 0 Å². The van der Waals surface area contributed by atoms with Gasteiger partial charge in [-0.15, -0.1) is 0 Å². The van der Waals surface area contributed by atoms with Gasteiger partial charge in [0.05, 0.1) is 23.8 Å². The summed E-state index contributed by atoms with van der Waals surface area (Å²) in [6.07, 6.45) is 0.258. The van der Waals surface area contributed by atoms with Crippen LogP contribution in [0.1, 0.15) is 35.5 Å². The zero-order valence-electron chi connectivity index (χ0n) is 20.1. The van der Waals surface area contributed by atoms with E-state index in [9.17, 15) is 9.59 Å². The zero-order chi connectivity index (χ0) is 24.8. The van der Waals surface area contributed by atoms with Crippen molar-refractivity contribution in [2.45, 2.75) is 33.2 Å². The Hall–Kier alpha value is -4.39. The van der Waals surface area contributed by atoms with Crippen LogP contribution in [-0.2, 0) is 11.2 Å². The van der Waals surface area contributed by atoms with Crippen LogP contribution < -0.4 is 16.0 Å². The number of nitrogens with zero attached hydrogens (tertiary/aromatic N) is 2. The molecule has 3 N–H and O–H groups in total. The number of benzene rings is 3. The number of para-hydroxylation sites is 2. The Balaban J connectivity index is 1.34. The van der Waals surface area contributed by atoms with Crippen molar-refractivity contribution in [1.82, 2.24) is 15.1 Å². The van der Waals surface area contributed by atoms with Crippen LogP contribution in [0, 0.1) is 13.8 Å². The molecule has 1 heterocycles. The van der Waals surface area contributed by atoms with Crippen molar-refractivity contribution in [1.29, 1.82) is 0 Å². The van der Waals surface area contributed by atoms with Crippen molar-refractivity contribution in [3.05, 3.63) is 107 Å². The van der Waals surface area contributed by atoms with Gasteiger partial charge in [-0.25, -0.2) is 9.48 Å². The second kappa shape index (κ2) is 10.7. The maximum absolute atomic E-state index is 12.8. The summed E-state index contributed by atoms with van der Waals surface area (Å²) in [5, 5.41) is 13.3. The molecule has 0 aliphatic heterocycles. The molecule has 1 aromatic heterocycles. The van der Waals surface area contributed by atoms with Gasteiger partial charge in [-0.2, -0.15) is 5.10 Å². The summed E-state index contributed by atoms with van der Waals surface area (Å²) in [5.74, 6) is -0.0687. The Labute approximate surface area is 205 Å². The number of amides is 3. The molecule has 0 radical (unpaired) electrons. The number of anilines is 2. The first-order chi connectivity index (χ1) is 16.9. The van der Waals surface area contributed by atoms with E-state index in [-0.39, 0.29) is 24.4 Å². The molecule has 3 amide bonds. The molecule has 35 heavy (non-hydrogen) atoms. The summed E-state index contributed by atoms with van der Waals surface area (Å²) >= 11 is 0. The summed E-state index contributed by atoms with van der Waals surface area (Å²) in [5.41, 5.74) is 6.04. The molecule has 0 fully saturated rings. The summed E-state index contributed by atoms with van der Waals surface area (Å²) in [6, 6.07) is 26.1. The van der Waals surface area contributed by atoms with Crippen LogP contribution in [0.5, 0.6) is 0 Å². The van der Waals surface area contributed by atoms with Crippen molar-refractivity contribution >= 4 is 23.3 Å². The highest BCUT2D eigenvalue weighted by Crippen LogP contribution is 2.20. The van der Waals surface area contributed by atoms with E-state index in [2.05, 4.69) is 21.0 Å². The predicted molar refractivity (Wildman–Crippen MR) is 139 cm³/mol. The van der Waals surface area contributed by atoms with Crippen LogP contribution in [-0.4, -0.2) is 21.7 Å². The number of carbonyl (C=O) groups excluding carboxylic acids is 2. The van der Waals surface area contributed by atoms with Gasteiger partial charge < -0.3 is 16.0 Å². The van der Waals surface area contributed by atoms with E-state index < -0.39 is 0 Å². The summed E-state index contributed by atoms with van der Waals surface area (Å²) in [6.45, 7) is 5.85. The summed E-state index contributed by atoms with van der Waals surface area (Å²) in [4.78, 5) is 25.0. The molecule has 7 heteroatoms. The highest BCUT2D eigenvalue weighted by molar-refractivity contribution is 5.99. The second-order valence-corrected chi connectivity index (χ2v) is 8.43. The minimum Gasteiger partial charge on any atom is -0.349 e. The first-order valence-electron chi connectivity index (χ1n) is 11.5. The first-order valence-corrected chi connectivity index (χ1v) is 11.5. The maximum Gasteiger partial charge on any atom is 0.323 e. The topological polar surface area (TPSA) is 88.1 Å². The lowest BCUT2D eigenvalue weighted by Gasteiger charge is -2.15. The van der Waals surface area contributed by atoms with Gasteiger partial charge in [-0.3, -0.25) is 4.79 Å². The Morgan fingerprint density at radius 3 is 2.03 bits per heavy atom. The SMILES string of the molecule is Cc1nn(-c2ccccc2)c(C)c1CC(=O)NC(C)c1ccc(NC(=O)Nc2ccccc2)cc1. The van der Waals surface area contributed by atoms with Crippen molar-refractivity contribution in [2.75, 3.05) is 10.6 Å². The van der Waals surface area contributed by atoms with Crippen LogP contribution in [0.3, 0.4) is 0 Å². The molecule has 0 bridgehead atoms. The van der Waals surface area contributed by atoms with Crippen molar-refractivity contribution < 1.29 is 9.59 Å². The van der Waals surface area contributed by atoms with Gasteiger partial charge in [0.15, 0.2) is 0 Å². The molecule has 0 saturated heterocycles. The third-order valence-electron chi connectivity index (χ3n) is 5.86. The standard InChI is InChI=1S/C28H29N5O2/c1-19(22-14-16-24(17-15-22)31-28(35)30-23-10-6-4-7-11-23)29-27(34)18-26-20(2)32-33(21(26)3)25-12-8-5-9-13-25/h4-17,19H,18H2,1-3H3,(H,29,34)(H2,30,31,35). The monoisotopic (exact) mass is 467 g/mol. The second-order valence-electron chi connectivity index (χ2n) is 8.43. The molecule has 0 saturated carbocycles. The van der Waals surface area contributed by atoms with E-state index in [1.165, 1.54) is 0 Å². The van der Waals surface area contributed by atoms with Crippen LogP contribution in [0.25, 0.3) is 5.69 Å². The first kappa shape index (κ1) is 23.8. The lowest BCUT2D eigenvalue weighted by Crippen LogP contribution is -2.28. The molecular weight excluding hydrogens is 438 g/mol. The molecule has 0 aliphatic rings. The molecule has 178 valence electrons. The zero-order valence-corrected chi connectivity index (χ0v) is 20.1. The minimum absolute atomic E-state index is 0.0687. The van der Waals surface area contributed by atoms with Gasteiger partial charge >= 0.3 is 6.03 Å². The number of aromatic nitrogens is 2. The summed E-state index contributed by atoms with van der Waals surface area (Å²) in [7, 11) is 0. The molecule has 4 aromatic rings. The van der Waals surface area contributed by atoms with E-state index in [0.717, 1.165) is 33.9 Å². The molecule has 1 atom stereocenters. The fourth-order valence-corrected chi connectivity index (χ4v) is 3.96. The lowest BCUT2D eigenvalue weighted by molar-refractivity contribution is -0.121.